The van der Waals surface area contributed by atoms with E-state index in [0.717, 1.165) is 18.8 Å². The van der Waals surface area contributed by atoms with Gasteiger partial charge in [0.1, 0.15) is 0 Å². The van der Waals surface area contributed by atoms with E-state index in [1.807, 2.05) is 0 Å². The van der Waals surface area contributed by atoms with Crippen LogP contribution in [0.5, 0.6) is 0 Å². The van der Waals surface area contributed by atoms with Gasteiger partial charge in [-0.15, -0.1) is 11.3 Å². The van der Waals surface area contributed by atoms with E-state index < -0.39 is 10.0 Å². The van der Waals surface area contributed by atoms with Crippen molar-refractivity contribution < 1.29 is 13.5 Å². The van der Waals surface area contributed by atoms with Crippen LogP contribution in [-0.2, 0) is 16.6 Å². The minimum absolute atomic E-state index is 0.110. The van der Waals surface area contributed by atoms with Gasteiger partial charge in [0.15, 0.2) is 0 Å². The smallest absolute Gasteiger partial charge is 0.241 e. The third-order valence-electron chi connectivity index (χ3n) is 3.79. The van der Waals surface area contributed by atoms with Crippen molar-refractivity contribution in [2.45, 2.75) is 44.1 Å². The van der Waals surface area contributed by atoms with E-state index in [4.69, 9.17) is 5.11 Å². The number of rotatable bonds is 5. The molecular formula is C13H21NO3S2. The Bertz CT molecular complexity index is 502. The van der Waals surface area contributed by atoms with Gasteiger partial charge in [-0.25, -0.2) is 13.1 Å². The number of aliphatic hydroxyl groups excluding tert-OH is 1. The molecule has 0 atom stereocenters. The maximum Gasteiger partial charge on any atom is 0.241 e. The molecule has 0 unspecified atom stereocenters. The minimum Gasteiger partial charge on any atom is -0.391 e. The molecule has 0 spiro atoms. The molecule has 0 bridgehead atoms. The number of sulfonamides is 1. The van der Waals surface area contributed by atoms with Crippen molar-refractivity contribution >= 4 is 21.4 Å². The van der Waals surface area contributed by atoms with Crippen LogP contribution in [0.4, 0.5) is 0 Å². The maximum absolute atomic E-state index is 12.1. The van der Waals surface area contributed by atoms with Gasteiger partial charge in [0.05, 0.1) is 11.5 Å². The summed E-state index contributed by atoms with van der Waals surface area (Å²) in [5.41, 5.74) is 0. The summed E-state index contributed by atoms with van der Waals surface area (Å²) in [6.45, 7) is 2.67. The van der Waals surface area contributed by atoms with Crippen LogP contribution in [0.3, 0.4) is 0 Å². The van der Waals surface area contributed by atoms with E-state index in [1.165, 1.54) is 30.2 Å². The first-order chi connectivity index (χ1) is 9.01. The molecular weight excluding hydrogens is 282 g/mol. The summed E-state index contributed by atoms with van der Waals surface area (Å²) in [7, 11) is -3.41. The molecule has 108 valence electrons. The first kappa shape index (κ1) is 15.0. The zero-order chi connectivity index (χ0) is 13.9. The Morgan fingerprint density at radius 1 is 1.37 bits per heavy atom. The van der Waals surface area contributed by atoms with Crippen LogP contribution in [0.2, 0.25) is 0 Å². The molecule has 0 saturated heterocycles. The Morgan fingerprint density at radius 3 is 2.63 bits per heavy atom. The van der Waals surface area contributed by atoms with Crippen LogP contribution in [-0.4, -0.2) is 20.1 Å². The molecule has 0 amide bonds. The lowest BCUT2D eigenvalue weighted by Crippen LogP contribution is -2.30. The zero-order valence-corrected chi connectivity index (χ0v) is 12.8. The van der Waals surface area contributed by atoms with Gasteiger partial charge in [-0.2, -0.15) is 0 Å². The Labute approximate surface area is 118 Å². The SMILES string of the molecule is CC1CCC(CNS(=O)(=O)c2csc(CO)c2)CC1. The number of hydrogen-bond acceptors (Lipinski definition) is 4. The van der Waals surface area contributed by atoms with Crippen molar-refractivity contribution in [3.63, 3.8) is 0 Å². The van der Waals surface area contributed by atoms with Gasteiger partial charge in [0.25, 0.3) is 0 Å². The second-order valence-electron chi connectivity index (χ2n) is 5.38. The van der Waals surface area contributed by atoms with Crippen molar-refractivity contribution in [3.8, 4) is 0 Å². The topological polar surface area (TPSA) is 66.4 Å². The van der Waals surface area contributed by atoms with Crippen LogP contribution >= 0.6 is 11.3 Å². The van der Waals surface area contributed by atoms with Gasteiger partial charge >= 0.3 is 0 Å². The summed E-state index contributed by atoms with van der Waals surface area (Å²) in [4.78, 5) is 0.942. The largest absolute Gasteiger partial charge is 0.391 e. The quantitative estimate of drug-likeness (QED) is 0.877. The lowest BCUT2D eigenvalue weighted by molar-refractivity contribution is 0.285. The Balaban J connectivity index is 1.90. The molecule has 2 rings (SSSR count). The van der Waals surface area contributed by atoms with Crippen LogP contribution < -0.4 is 4.72 Å². The van der Waals surface area contributed by atoms with Crippen LogP contribution in [0, 0.1) is 11.8 Å². The van der Waals surface area contributed by atoms with E-state index in [9.17, 15) is 8.42 Å². The molecule has 1 aromatic rings. The lowest BCUT2D eigenvalue weighted by Gasteiger charge is -2.26. The second-order valence-corrected chi connectivity index (χ2v) is 8.15. The molecule has 1 fully saturated rings. The van der Waals surface area contributed by atoms with Crippen molar-refractivity contribution in [1.29, 1.82) is 0 Å². The summed E-state index contributed by atoms with van der Waals surface area (Å²) in [5, 5.41) is 10.6. The van der Waals surface area contributed by atoms with Crippen molar-refractivity contribution in [2.24, 2.45) is 11.8 Å². The van der Waals surface area contributed by atoms with E-state index >= 15 is 0 Å². The summed E-state index contributed by atoms with van der Waals surface area (Å²) < 4.78 is 26.9. The van der Waals surface area contributed by atoms with E-state index in [0.29, 0.717) is 17.3 Å². The fraction of sp³-hybridized carbons (Fsp3) is 0.692. The minimum atomic E-state index is -3.41. The van der Waals surface area contributed by atoms with Gasteiger partial charge in [-0.1, -0.05) is 19.8 Å². The second kappa shape index (κ2) is 6.35. The molecule has 1 aromatic heterocycles. The van der Waals surface area contributed by atoms with Crippen LogP contribution in [0.1, 0.15) is 37.5 Å². The third kappa shape index (κ3) is 4.02. The van der Waals surface area contributed by atoms with Crippen LogP contribution in [0.25, 0.3) is 0 Å². The maximum atomic E-state index is 12.1. The molecule has 1 heterocycles. The number of aliphatic hydroxyl groups is 1. The van der Waals surface area contributed by atoms with Gasteiger partial charge in [-0.3, -0.25) is 0 Å². The predicted octanol–water partition coefficient (Wildman–Crippen LogP) is 2.35. The van der Waals surface area contributed by atoms with E-state index in [2.05, 4.69) is 11.6 Å². The highest BCUT2D eigenvalue weighted by atomic mass is 32.2. The summed E-state index contributed by atoms with van der Waals surface area (Å²) in [6.07, 6.45) is 4.60. The molecule has 19 heavy (non-hydrogen) atoms. The average Bonchev–Trinajstić information content (AvgIpc) is 2.88. The highest BCUT2D eigenvalue weighted by Gasteiger charge is 2.21. The molecule has 2 N–H and O–H groups in total. The molecule has 0 aliphatic heterocycles. The summed E-state index contributed by atoms with van der Waals surface area (Å²) in [6, 6.07) is 1.54. The molecule has 4 nitrogen and oxygen atoms in total. The molecule has 1 aliphatic rings. The van der Waals surface area contributed by atoms with E-state index in [-0.39, 0.29) is 11.5 Å². The fourth-order valence-corrected chi connectivity index (χ4v) is 4.68. The summed E-state index contributed by atoms with van der Waals surface area (Å²) in [5.74, 6) is 1.23. The Kier molecular flexibility index (Phi) is 5.00. The van der Waals surface area contributed by atoms with Crippen molar-refractivity contribution in [2.75, 3.05) is 6.54 Å². The van der Waals surface area contributed by atoms with Gasteiger partial charge < -0.3 is 5.11 Å². The average molecular weight is 303 g/mol. The molecule has 1 aliphatic carbocycles. The summed E-state index contributed by atoms with van der Waals surface area (Å²) >= 11 is 1.27. The van der Waals surface area contributed by atoms with Crippen molar-refractivity contribution in [1.82, 2.24) is 4.72 Å². The Hall–Kier alpha value is -0.430. The predicted molar refractivity (Wildman–Crippen MR) is 76.6 cm³/mol. The highest BCUT2D eigenvalue weighted by Crippen LogP contribution is 2.28. The van der Waals surface area contributed by atoms with E-state index in [1.54, 1.807) is 5.38 Å². The molecule has 6 heteroatoms. The Morgan fingerprint density at radius 2 is 2.05 bits per heavy atom. The third-order valence-corrected chi connectivity index (χ3v) is 6.27. The first-order valence-electron chi connectivity index (χ1n) is 6.69. The number of thiophene rings is 1. The monoisotopic (exact) mass is 303 g/mol. The van der Waals surface area contributed by atoms with Gasteiger partial charge in [-0.05, 0) is 30.7 Å². The first-order valence-corrected chi connectivity index (χ1v) is 9.05. The lowest BCUT2D eigenvalue weighted by atomic mass is 9.83. The number of nitrogens with one attached hydrogen (secondary N) is 1. The highest BCUT2D eigenvalue weighted by molar-refractivity contribution is 7.89. The standard InChI is InChI=1S/C13H21NO3S2/c1-10-2-4-11(5-3-10)7-14-19(16,17)13-6-12(8-15)18-9-13/h6,9-11,14-15H,2-5,7-8H2,1H3. The number of hydrogen-bond donors (Lipinski definition) is 2. The van der Waals surface area contributed by atoms with Crippen LogP contribution in [0.15, 0.2) is 16.3 Å². The molecule has 0 radical (unpaired) electrons. The van der Waals surface area contributed by atoms with Gasteiger partial charge in [0.2, 0.25) is 10.0 Å². The fourth-order valence-electron chi connectivity index (χ4n) is 2.43. The molecule has 1 saturated carbocycles. The normalized spacial score (nSPS) is 24.5. The van der Waals surface area contributed by atoms with Crippen molar-refractivity contribution in [3.05, 3.63) is 16.3 Å². The van der Waals surface area contributed by atoms with Gasteiger partial charge in [0, 0.05) is 16.8 Å². The zero-order valence-electron chi connectivity index (χ0n) is 11.1. The molecule has 0 aromatic carbocycles.